The summed E-state index contributed by atoms with van der Waals surface area (Å²) < 4.78 is 33.3. The van der Waals surface area contributed by atoms with E-state index in [0.29, 0.717) is 28.5 Å². The maximum Gasteiger partial charge on any atom is 0.279 e. The normalized spacial score (nSPS) is 15.0. The number of aromatic nitrogens is 1. The number of benzene rings is 1. The van der Waals surface area contributed by atoms with Crippen molar-refractivity contribution in [3.8, 4) is 16.7 Å². The highest BCUT2D eigenvalue weighted by Crippen LogP contribution is 2.35. The summed E-state index contributed by atoms with van der Waals surface area (Å²) in [6.07, 6.45) is 8.04. The number of hydrogen-bond donors (Lipinski definition) is 2. The van der Waals surface area contributed by atoms with E-state index in [-0.39, 0.29) is 30.5 Å². The standard InChI is InChI=1S/C21H26ClN3O5S2/c1-14(25-20(26)3-2-10-32(23,27)28)4-8-17-12-24-21(31-17)30-19-9-7-16(11-18(19)22)29-13-15-5-6-15/h4,7-9,11-12,14-15H,2-3,5-6,10,13H2,1H3,(H,25,26)(H2,23,27,28)/t14-/m0/s1. The lowest BCUT2D eigenvalue weighted by Gasteiger charge is -2.09. The molecule has 0 saturated heterocycles. The second-order valence-electron chi connectivity index (χ2n) is 7.66. The van der Waals surface area contributed by atoms with Gasteiger partial charge in [-0.2, -0.15) is 0 Å². The maximum atomic E-state index is 11.9. The minimum absolute atomic E-state index is 0.0956. The van der Waals surface area contributed by atoms with Gasteiger partial charge in [-0.1, -0.05) is 29.0 Å². The zero-order chi connectivity index (χ0) is 23.1. The van der Waals surface area contributed by atoms with Gasteiger partial charge in [0.2, 0.25) is 15.9 Å². The van der Waals surface area contributed by atoms with Crippen LogP contribution >= 0.6 is 22.9 Å². The van der Waals surface area contributed by atoms with Gasteiger partial charge in [0.25, 0.3) is 5.19 Å². The van der Waals surface area contributed by atoms with Crippen molar-refractivity contribution in [1.29, 1.82) is 0 Å². The number of carbonyl (C=O) groups excluding carboxylic acids is 1. The molecule has 174 valence electrons. The van der Waals surface area contributed by atoms with E-state index in [0.717, 1.165) is 10.6 Å². The molecule has 32 heavy (non-hydrogen) atoms. The van der Waals surface area contributed by atoms with Gasteiger partial charge in [-0.3, -0.25) is 4.79 Å². The van der Waals surface area contributed by atoms with Crippen LogP contribution in [0.4, 0.5) is 0 Å². The number of carbonyl (C=O) groups is 1. The molecule has 1 fully saturated rings. The average Bonchev–Trinajstić information content (AvgIpc) is 3.43. The van der Waals surface area contributed by atoms with Gasteiger partial charge < -0.3 is 14.8 Å². The first kappa shape index (κ1) is 24.5. The summed E-state index contributed by atoms with van der Waals surface area (Å²) in [4.78, 5) is 16.9. The van der Waals surface area contributed by atoms with Crippen LogP contribution in [0, 0.1) is 5.92 Å². The number of rotatable bonds is 12. The first-order valence-corrected chi connectivity index (χ1v) is 13.1. The second kappa shape index (κ2) is 11.1. The van der Waals surface area contributed by atoms with Crippen molar-refractivity contribution in [2.24, 2.45) is 11.1 Å². The van der Waals surface area contributed by atoms with E-state index >= 15 is 0 Å². The molecule has 1 aliphatic rings. The molecule has 1 aromatic heterocycles. The van der Waals surface area contributed by atoms with Crippen molar-refractivity contribution < 1.29 is 22.7 Å². The van der Waals surface area contributed by atoms with Crippen LogP contribution in [0.5, 0.6) is 16.7 Å². The Kier molecular flexibility index (Phi) is 8.52. The Balaban J connectivity index is 1.46. The molecule has 0 aliphatic heterocycles. The molecule has 1 heterocycles. The van der Waals surface area contributed by atoms with E-state index in [1.54, 1.807) is 18.3 Å². The number of ether oxygens (including phenoxy) is 2. The van der Waals surface area contributed by atoms with E-state index in [9.17, 15) is 13.2 Å². The molecule has 3 rings (SSSR count). The number of nitrogens with one attached hydrogen (secondary N) is 1. The van der Waals surface area contributed by atoms with E-state index in [2.05, 4.69) is 10.3 Å². The third kappa shape index (κ3) is 8.78. The molecule has 3 N–H and O–H groups in total. The largest absolute Gasteiger partial charge is 0.493 e. The number of nitrogens with two attached hydrogens (primary N) is 1. The van der Waals surface area contributed by atoms with Gasteiger partial charge in [-0.15, -0.1) is 0 Å². The Morgan fingerprint density at radius 1 is 1.44 bits per heavy atom. The Hall–Kier alpha value is -2.14. The van der Waals surface area contributed by atoms with Crippen molar-refractivity contribution >= 4 is 44.9 Å². The molecule has 0 radical (unpaired) electrons. The molecule has 0 unspecified atom stereocenters. The van der Waals surface area contributed by atoms with Crippen LogP contribution < -0.4 is 19.9 Å². The van der Waals surface area contributed by atoms with Gasteiger partial charge in [0.05, 0.1) is 22.3 Å². The van der Waals surface area contributed by atoms with Crippen LogP contribution in [0.25, 0.3) is 6.08 Å². The summed E-state index contributed by atoms with van der Waals surface area (Å²) in [7, 11) is -3.55. The van der Waals surface area contributed by atoms with Crippen molar-refractivity contribution in [3.63, 3.8) is 0 Å². The molecule has 2 aromatic rings. The molecular weight excluding hydrogens is 474 g/mol. The van der Waals surface area contributed by atoms with Gasteiger partial charge in [-0.05, 0) is 50.3 Å². The number of primary sulfonamides is 1. The molecule has 1 amide bonds. The van der Waals surface area contributed by atoms with E-state index in [1.165, 1.54) is 24.2 Å². The van der Waals surface area contributed by atoms with Gasteiger partial charge in [0.15, 0.2) is 0 Å². The van der Waals surface area contributed by atoms with E-state index in [1.807, 2.05) is 25.1 Å². The molecule has 1 aromatic carbocycles. The van der Waals surface area contributed by atoms with Crippen LogP contribution in [0.3, 0.4) is 0 Å². The van der Waals surface area contributed by atoms with Crippen molar-refractivity contribution in [1.82, 2.24) is 10.3 Å². The first-order valence-electron chi connectivity index (χ1n) is 10.2. The first-order chi connectivity index (χ1) is 15.2. The Morgan fingerprint density at radius 2 is 2.22 bits per heavy atom. The van der Waals surface area contributed by atoms with Crippen LogP contribution in [-0.4, -0.2) is 37.7 Å². The molecule has 1 atom stereocenters. The highest BCUT2D eigenvalue weighted by molar-refractivity contribution is 7.89. The topological polar surface area (TPSA) is 121 Å². The number of nitrogens with zero attached hydrogens (tertiary/aromatic N) is 1. The highest BCUT2D eigenvalue weighted by Gasteiger charge is 2.22. The fourth-order valence-corrected chi connectivity index (χ4v) is 4.13. The quantitative estimate of drug-likeness (QED) is 0.456. The lowest BCUT2D eigenvalue weighted by molar-refractivity contribution is -0.121. The summed E-state index contributed by atoms with van der Waals surface area (Å²) in [6, 6.07) is 5.09. The molecule has 0 spiro atoms. The van der Waals surface area contributed by atoms with Gasteiger partial charge in [0, 0.05) is 24.7 Å². The highest BCUT2D eigenvalue weighted by atomic mass is 35.5. The van der Waals surface area contributed by atoms with Crippen LogP contribution in [-0.2, 0) is 14.8 Å². The smallest absolute Gasteiger partial charge is 0.279 e. The summed E-state index contributed by atoms with van der Waals surface area (Å²) in [6.45, 7) is 2.53. The van der Waals surface area contributed by atoms with E-state index < -0.39 is 10.0 Å². The molecule has 8 nitrogen and oxygen atoms in total. The lowest BCUT2D eigenvalue weighted by atomic mass is 10.2. The summed E-state index contributed by atoms with van der Waals surface area (Å²) >= 11 is 7.64. The zero-order valence-electron chi connectivity index (χ0n) is 17.6. The summed E-state index contributed by atoms with van der Waals surface area (Å²) in [5.41, 5.74) is 0. The average molecular weight is 500 g/mol. The van der Waals surface area contributed by atoms with Crippen molar-refractivity contribution in [2.45, 2.75) is 38.6 Å². The monoisotopic (exact) mass is 499 g/mol. The zero-order valence-corrected chi connectivity index (χ0v) is 20.0. The van der Waals surface area contributed by atoms with Gasteiger partial charge in [0.1, 0.15) is 11.5 Å². The maximum absolute atomic E-state index is 11.9. The minimum atomic E-state index is -3.55. The summed E-state index contributed by atoms with van der Waals surface area (Å²) in [5, 5.41) is 8.60. The van der Waals surface area contributed by atoms with Crippen LogP contribution in [0.15, 0.2) is 30.5 Å². The molecule has 1 aliphatic carbocycles. The van der Waals surface area contributed by atoms with Crippen molar-refractivity contribution in [3.05, 3.63) is 40.4 Å². The SMILES string of the molecule is C[C@@H](C=Cc1cnc(Oc2ccc(OCC3CC3)cc2Cl)s1)NC(=O)CCCS(N)(=O)=O. The Labute approximate surface area is 196 Å². The molecule has 1 saturated carbocycles. The predicted octanol–water partition coefficient (Wildman–Crippen LogP) is 3.96. The second-order valence-corrected chi connectivity index (χ2v) is 10.8. The number of halogens is 1. The number of thiazole rings is 1. The Bertz CT molecular complexity index is 1070. The third-order valence-electron chi connectivity index (χ3n) is 4.56. The summed E-state index contributed by atoms with van der Waals surface area (Å²) in [5.74, 6) is 1.43. The van der Waals surface area contributed by atoms with Gasteiger partial charge in [-0.25, -0.2) is 18.5 Å². The number of sulfonamides is 1. The van der Waals surface area contributed by atoms with Gasteiger partial charge >= 0.3 is 0 Å². The molecule has 0 bridgehead atoms. The lowest BCUT2D eigenvalue weighted by Crippen LogP contribution is -2.31. The van der Waals surface area contributed by atoms with Crippen molar-refractivity contribution in [2.75, 3.05) is 12.4 Å². The van der Waals surface area contributed by atoms with Crippen LogP contribution in [0.1, 0.15) is 37.5 Å². The Morgan fingerprint density at radius 3 is 2.91 bits per heavy atom. The number of amides is 1. The van der Waals surface area contributed by atoms with E-state index in [4.69, 9.17) is 26.2 Å². The van der Waals surface area contributed by atoms with Crippen LogP contribution in [0.2, 0.25) is 5.02 Å². The predicted molar refractivity (Wildman–Crippen MR) is 126 cm³/mol. The minimum Gasteiger partial charge on any atom is -0.493 e. The molecular formula is C21H26ClN3O5S2. The fourth-order valence-electron chi connectivity index (χ4n) is 2.69. The molecule has 11 heteroatoms. The fraction of sp³-hybridized carbons (Fsp3) is 0.429. The third-order valence-corrected chi connectivity index (χ3v) is 6.55. The number of hydrogen-bond acceptors (Lipinski definition) is 7.